The molecule has 4 heteroatoms. The van der Waals surface area contributed by atoms with E-state index in [1.165, 1.54) is 5.56 Å². The van der Waals surface area contributed by atoms with Gasteiger partial charge in [-0.3, -0.25) is 0 Å². The first-order chi connectivity index (χ1) is 9.82. The lowest BCUT2D eigenvalue weighted by Crippen LogP contribution is -2.34. The molecule has 1 N–H and O–H groups in total. The molecule has 4 nitrogen and oxygen atoms in total. The van der Waals surface area contributed by atoms with Crippen LogP contribution in [-0.4, -0.2) is 56.6 Å². The number of likely N-dealkylation sites (N-methyl/N-ethyl adjacent to an activating group) is 1. The Bertz CT molecular complexity index is 397. The number of nitrogens with zero attached hydrogens (tertiary/aromatic N) is 1. The summed E-state index contributed by atoms with van der Waals surface area (Å²) in [5.41, 5.74) is 1.46. The van der Waals surface area contributed by atoms with Crippen molar-refractivity contribution in [1.29, 1.82) is 0 Å². The Morgan fingerprint density at radius 1 is 1.19 bits per heavy atom. The lowest BCUT2D eigenvalue weighted by Gasteiger charge is -2.21. The van der Waals surface area contributed by atoms with Gasteiger partial charge in [-0.25, -0.2) is 0 Å². The highest BCUT2D eigenvalue weighted by Crippen LogP contribution is 2.24. The molecule has 1 aromatic carbocycles. The number of aliphatic hydroxyl groups is 1. The molecule has 21 heavy (non-hydrogen) atoms. The number of ether oxygens (including phenoxy) is 2. The lowest BCUT2D eigenvalue weighted by molar-refractivity contribution is 0.0410. The van der Waals surface area contributed by atoms with Gasteiger partial charge in [0.25, 0.3) is 0 Å². The van der Waals surface area contributed by atoms with Crippen molar-refractivity contribution in [2.75, 3.05) is 40.5 Å². The standard InChI is InChI=1S/C17H29NO3/c1-17(2,3)14-6-8-16(9-7-14)21-11-10-18(4)12-15(19)13-20-5/h6-9,15,19H,10-13H2,1-5H3. The third-order valence-electron chi connectivity index (χ3n) is 3.34. The Balaban J connectivity index is 2.32. The second-order valence-electron chi connectivity index (χ2n) is 6.49. The van der Waals surface area contributed by atoms with E-state index in [0.717, 1.165) is 12.3 Å². The first-order valence-electron chi connectivity index (χ1n) is 7.42. The lowest BCUT2D eigenvalue weighted by atomic mass is 9.87. The van der Waals surface area contributed by atoms with Crippen molar-refractivity contribution >= 4 is 0 Å². The van der Waals surface area contributed by atoms with Crippen LogP contribution < -0.4 is 4.74 Å². The summed E-state index contributed by atoms with van der Waals surface area (Å²) < 4.78 is 10.6. The predicted octanol–water partition coefficient (Wildman–Crippen LogP) is 2.30. The minimum atomic E-state index is -0.453. The Hall–Kier alpha value is -1.10. The molecule has 0 aliphatic rings. The largest absolute Gasteiger partial charge is 0.492 e. The van der Waals surface area contributed by atoms with Crippen LogP contribution in [-0.2, 0) is 10.2 Å². The topological polar surface area (TPSA) is 41.9 Å². The Kier molecular flexibility index (Phi) is 7.15. The zero-order chi connectivity index (χ0) is 15.9. The number of hydrogen-bond donors (Lipinski definition) is 1. The molecule has 0 aromatic heterocycles. The molecule has 0 aliphatic heterocycles. The van der Waals surface area contributed by atoms with Crippen molar-refractivity contribution in [3.8, 4) is 5.75 Å². The molecule has 0 fully saturated rings. The van der Waals surface area contributed by atoms with Gasteiger partial charge in [0.15, 0.2) is 0 Å². The SMILES string of the molecule is COCC(O)CN(C)CCOc1ccc(C(C)(C)C)cc1. The minimum Gasteiger partial charge on any atom is -0.492 e. The second kappa shape index (κ2) is 8.37. The van der Waals surface area contributed by atoms with Crippen LogP contribution in [0.15, 0.2) is 24.3 Å². The van der Waals surface area contributed by atoms with E-state index in [2.05, 4.69) is 32.9 Å². The number of hydrogen-bond acceptors (Lipinski definition) is 4. The van der Waals surface area contributed by atoms with Crippen molar-refractivity contribution in [3.05, 3.63) is 29.8 Å². The van der Waals surface area contributed by atoms with E-state index < -0.39 is 6.10 Å². The van der Waals surface area contributed by atoms with E-state index in [4.69, 9.17) is 9.47 Å². The Morgan fingerprint density at radius 2 is 1.81 bits per heavy atom. The van der Waals surface area contributed by atoms with Crippen LogP contribution in [0.4, 0.5) is 0 Å². The first kappa shape index (κ1) is 18.0. The predicted molar refractivity (Wildman–Crippen MR) is 86.0 cm³/mol. The molecule has 0 saturated carbocycles. The van der Waals surface area contributed by atoms with Crippen molar-refractivity contribution < 1.29 is 14.6 Å². The fraction of sp³-hybridized carbons (Fsp3) is 0.647. The summed E-state index contributed by atoms with van der Waals surface area (Å²) in [4.78, 5) is 2.03. The second-order valence-corrected chi connectivity index (χ2v) is 6.49. The molecule has 0 radical (unpaired) electrons. The molecule has 0 aliphatic carbocycles. The monoisotopic (exact) mass is 295 g/mol. The van der Waals surface area contributed by atoms with Crippen LogP contribution in [0.25, 0.3) is 0 Å². The van der Waals surface area contributed by atoms with Gasteiger partial charge in [-0.15, -0.1) is 0 Å². The summed E-state index contributed by atoms with van der Waals surface area (Å²) in [6.45, 7) is 8.90. The highest BCUT2D eigenvalue weighted by atomic mass is 16.5. The van der Waals surface area contributed by atoms with E-state index in [9.17, 15) is 5.11 Å². The summed E-state index contributed by atoms with van der Waals surface area (Å²) >= 11 is 0. The quantitative estimate of drug-likeness (QED) is 0.799. The molecule has 1 atom stereocenters. The van der Waals surface area contributed by atoms with Crippen molar-refractivity contribution in [3.63, 3.8) is 0 Å². The summed E-state index contributed by atoms with van der Waals surface area (Å²) in [6, 6.07) is 8.25. The van der Waals surface area contributed by atoms with Crippen LogP contribution in [0.1, 0.15) is 26.3 Å². The average molecular weight is 295 g/mol. The van der Waals surface area contributed by atoms with Gasteiger partial charge in [0.1, 0.15) is 12.4 Å². The van der Waals surface area contributed by atoms with Crippen LogP contribution in [0.5, 0.6) is 5.75 Å². The zero-order valence-corrected chi connectivity index (χ0v) is 13.9. The molecular formula is C17H29NO3. The number of benzene rings is 1. The van der Waals surface area contributed by atoms with Gasteiger partial charge in [0.05, 0.1) is 12.7 Å². The summed E-state index contributed by atoms with van der Waals surface area (Å²) in [5.74, 6) is 0.883. The number of rotatable bonds is 8. The van der Waals surface area contributed by atoms with E-state index in [1.807, 2.05) is 24.1 Å². The van der Waals surface area contributed by atoms with Crippen molar-refractivity contribution in [1.82, 2.24) is 4.90 Å². The zero-order valence-electron chi connectivity index (χ0n) is 13.9. The number of aliphatic hydroxyl groups excluding tert-OH is 1. The molecular weight excluding hydrogens is 266 g/mol. The normalized spacial score (nSPS) is 13.5. The maximum Gasteiger partial charge on any atom is 0.119 e. The van der Waals surface area contributed by atoms with Crippen LogP contribution in [0.2, 0.25) is 0 Å². The van der Waals surface area contributed by atoms with Crippen LogP contribution in [0, 0.1) is 0 Å². The average Bonchev–Trinajstić information content (AvgIpc) is 2.38. The third-order valence-corrected chi connectivity index (χ3v) is 3.34. The van der Waals surface area contributed by atoms with E-state index in [-0.39, 0.29) is 5.41 Å². The smallest absolute Gasteiger partial charge is 0.119 e. The van der Waals surface area contributed by atoms with Crippen molar-refractivity contribution in [2.45, 2.75) is 32.3 Å². The Labute approximate surface area is 128 Å². The maximum atomic E-state index is 9.64. The van der Waals surface area contributed by atoms with E-state index >= 15 is 0 Å². The van der Waals surface area contributed by atoms with Gasteiger partial charge in [-0.2, -0.15) is 0 Å². The van der Waals surface area contributed by atoms with Gasteiger partial charge in [0.2, 0.25) is 0 Å². The van der Waals surface area contributed by atoms with Gasteiger partial charge in [-0.1, -0.05) is 32.9 Å². The molecule has 1 unspecified atom stereocenters. The molecule has 0 heterocycles. The van der Waals surface area contributed by atoms with Gasteiger partial charge >= 0.3 is 0 Å². The molecule has 0 spiro atoms. The van der Waals surface area contributed by atoms with Gasteiger partial charge in [0, 0.05) is 20.2 Å². The molecule has 1 rings (SSSR count). The summed E-state index contributed by atoms with van der Waals surface area (Å²) in [6.07, 6.45) is -0.453. The van der Waals surface area contributed by atoms with Crippen LogP contribution in [0.3, 0.4) is 0 Å². The highest BCUT2D eigenvalue weighted by molar-refractivity contribution is 5.31. The fourth-order valence-electron chi connectivity index (χ4n) is 2.07. The molecule has 0 bridgehead atoms. The molecule has 1 aromatic rings. The van der Waals surface area contributed by atoms with Crippen LogP contribution >= 0.6 is 0 Å². The van der Waals surface area contributed by atoms with E-state index in [0.29, 0.717) is 19.8 Å². The fourth-order valence-corrected chi connectivity index (χ4v) is 2.07. The van der Waals surface area contributed by atoms with Crippen molar-refractivity contribution in [2.24, 2.45) is 0 Å². The maximum absolute atomic E-state index is 9.64. The van der Waals surface area contributed by atoms with Gasteiger partial charge < -0.3 is 19.5 Å². The van der Waals surface area contributed by atoms with E-state index in [1.54, 1.807) is 7.11 Å². The first-order valence-corrected chi connectivity index (χ1v) is 7.42. The third kappa shape index (κ3) is 6.93. The number of methoxy groups -OCH3 is 1. The highest BCUT2D eigenvalue weighted by Gasteiger charge is 2.13. The summed E-state index contributed by atoms with van der Waals surface area (Å²) in [7, 11) is 3.55. The Morgan fingerprint density at radius 3 is 2.33 bits per heavy atom. The van der Waals surface area contributed by atoms with Gasteiger partial charge in [-0.05, 0) is 30.2 Å². The molecule has 120 valence electrons. The molecule has 0 amide bonds. The minimum absolute atomic E-state index is 0.163. The summed E-state index contributed by atoms with van der Waals surface area (Å²) in [5, 5.41) is 9.64. The molecule has 0 saturated heterocycles.